The van der Waals surface area contributed by atoms with Gasteiger partial charge < -0.3 is 16.4 Å². The van der Waals surface area contributed by atoms with Crippen LogP contribution in [0.4, 0.5) is 0 Å². The molecule has 0 saturated carbocycles. The first-order valence-corrected chi connectivity index (χ1v) is 0. The van der Waals surface area contributed by atoms with E-state index in [1.165, 1.54) is 0 Å². The molecule has 0 aromatic heterocycles. The van der Waals surface area contributed by atoms with Crippen LogP contribution in [-0.4, -0.2) is 0 Å². The topological polar surface area (TPSA) is 85.5 Å². The van der Waals surface area contributed by atoms with Crippen LogP contribution in [0.3, 0.4) is 0 Å². The zero-order chi connectivity index (χ0) is 0. The third-order valence-electron chi connectivity index (χ3n) is 0. The quantitative estimate of drug-likeness (QED) is 0.544. The Balaban J connectivity index is 0. The molecule has 0 aliphatic carbocycles. The molecule has 0 aromatic carbocycles. The van der Waals surface area contributed by atoms with Gasteiger partial charge in [0.1, 0.15) is 0 Å². The number of hydrogen-bond acceptors (Lipinski definition) is 0. The van der Waals surface area contributed by atoms with Crippen molar-refractivity contribution in [3.05, 3.63) is 0 Å². The summed E-state index contributed by atoms with van der Waals surface area (Å²) in [5, 5.41) is 0. The van der Waals surface area contributed by atoms with Crippen molar-refractivity contribution in [2.75, 3.05) is 0 Å². The first-order chi connectivity index (χ1) is 0. The van der Waals surface area contributed by atoms with Crippen LogP contribution in [0.15, 0.2) is 0 Å². The fourth-order valence-electron chi connectivity index (χ4n) is 0. The summed E-state index contributed by atoms with van der Waals surface area (Å²) in [5.74, 6) is 0. The molecular weight excluding hydrogens is 328 g/mol. The largest absolute Gasteiger partial charge is 6.00 e. The Kier molecular flexibility index (Phi) is 1320. The molecule has 0 radical (unpaired) electrons. The van der Waals surface area contributed by atoms with E-state index in [2.05, 4.69) is 0 Å². The monoisotopic (exact) mass is 330 g/mol. The molecule has 0 spiro atoms. The van der Waals surface area contributed by atoms with Gasteiger partial charge in [0, 0.05) is 21.1 Å². The summed E-state index contributed by atoms with van der Waals surface area (Å²) in [6.07, 6.45) is 0. The first kappa shape index (κ1) is 109. The van der Waals surface area contributed by atoms with Crippen molar-refractivity contribution in [3.63, 3.8) is 0 Å². The Bertz CT molecular complexity index is 6.85. The van der Waals surface area contributed by atoms with Crippen molar-refractivity contribution in [1.29, 1.82) is 0 Å². The Morgan fingerprint density at radius 3 is 0.600 bits per heavy atom. The van der Waals surface area contributed by atoms with Crippen LogP contribution in [0.25, 0.3) is 0 Å². The maximum absolute atomic E-state index is 0. The van der Waals surface area contributed by atoms with Crippen molar-refractivity contribution in [2.45, 2.75) is 0 Å². The molecule has 0 heterocycles. The van der Waals surface area contributed by atoms with Gasteiger partial charge in [-0.05, 0) is 0 Å². The zero-order valence-electron chi connectivity index (χ0n) is 2.04. The summed E-state index contributed by atoms with van der Waals surface area (Å²) < 4.78 is 0. The molecule has 0 atom stereocenters. The van der Waals surface area contributed by atoms with Crippen molar-refractivity contribution in [1.82, 2.24) is 0 Å². The molecule has 0 fully saturated rings. The molecule has 0 aromatic rings. The van der Waals surface area contributed by atoms with Gasteiger partial charge in [-0.2, -0.15) is 0 Å². The molecule has 0 aliphatic heterocycles. The maximum atomic E-state index is 0. The smallest absolute Gasteiger partial charge is 2.00 e. The van der Waals surface area contributed by atoms with Crippen LogP contribution in [0.5, 0.6) is 0 Å². The molecule has 0 saturated heterocycles. The van der Waals surface area contributed by atoms with Crippen molar-refractivity contribution in [2.24, 2.45) is 0 Å². The van der Waals surface area contributed by atoms with Gasteiger partial charge in [0.25, 0.3) is 0 Å². The third-order valence-corrected chi connectivity index (χ3v) is 0. The second-order valence-electron chi connectivity index (χ2n) is 0. The van der Waals surface area contributed by atoms with Crippen molar-refractivity contribution >= 4 is 0 Å². The normalized spacial score (nSPS) is 0. The fraction of sp³-hybridized carbons (Fsp3) is 0. The van der Waals surface area contributed by atoms with Gasteiger partial charge in [0.15, 0.2) is 0 Å². The van der Waals surface area contributed by atoms with E-state index in [1.807, 2.05) is 0 Å². The minimum atomic E-state index is 0. The van der Waals surface area contributed by atoms with Gasteiger partial charge in [0.05, 0.1) is 0 Å². The molecular formula is MoO3W. The molecule has 30 valence electrons. The molecule has 0 N–H and O–H groups in total. The maximum Gasteiger partial charge on any atom is 6.00 e. The molecule has 5 heavy (non-hydrogen) atoms. The third kappa shape index (κ3) is 35.3. The summed E-state index contributed by atoms with van der Waals surface area (Å²) in [4.78, 5) is 0. The van der Waals surface area contributed by atoms with E-state index in [0.29, 0.717) is 0 Å². The van der Waals surface area contributed by atoms with E-state index in [9.17, 15) is 0 Å². The van der Waals surface area contributed by atoms with E-state index in [1.54, 1.807) is 0 Å². The number of hydrogen-bond donors (Lipinski definition) is 0. The fourth-order valence-corrected chi connectivity index (χ4v) is 0. The van der Waals surface area contributed by atoms with E-state index in [-0.39, 0.29) is 58.6 Å². The van der Waals surface area contributed by atoms with Gasteiger partial charge in [-0.15, -0.1) is 0 Å². The minimum absolute atomic E-state index is 0. The second kappa shape index (κ2) is 60.3. The molecule has 0 rings (SSSR count). The van der Waals surface area contributed by atoms with Crippen LogP contribution >= 0.6 is 0 Å². The standard InChI is InChI=1S/Mo.3O.W/q+6;3*-2;. The molecule has 3 nitrogen and oxygen atoms in total. The molecule has 0 aliphatic rings. The van der Waals surface area contributed by atoms with Gasteiger partial charge in [-0.1, -0.05) is 0 Å². The van der Waals surface area contributed by atoms with E-state index in [0.717, 1.165) is 0 Å². The van der Waals surface area contributed by atoms with Crippen LogP contribution in [0.1, 0.15) is 0 Å². The SMILES string of the molecule is [Mo+6].[O-2].[O-2].[O-2].[W]. The van der Waals surface area contributed by atoms with Crippen LogP contribution in [0.2, 0.25) is 0 Å². The van der Waals surface area contributed by atoms with Gasteiger partial charge in [-0.3, -0.25) is 0 Å². The first-order valence-electron chi connectivity index (χ1n) is 0. The van der Waals surface area contributed by atoms with Gasteiger partial charge >= 0.3 is 21.1 Å². The Morgan fingerprint density at radius 1 is 0.600 bits per heavy atom. The summed E-state index contributed by atoms with van der Waals surface area (Å²) in [7, 11) is 0. The van der Waals surface area contributed by atoms with Crippen LogP contribution < -0.4 is 0 Å². The summed E-state index contributed by atoms with van der Waals surface area (Å²) in [6, 6.07) is 0. The Labute approximate surface area is 58.6 Å². The average molecular weight is 328 g/mol. The Hall–Kier alpha value is 1.26. The molecule has 0 bridgehead atoms. The predicted octanol–water partition coefficient (Wildman–Crippen LogP) is -0.361. The predicted molar refractivity (Wildman–Crippen MR) is 2.06 cm³/mol. The van der Waals surface area contributed by atoms with Crippen LogP contribution in [-0.2, 0) is 58.6 Å². The molecule has 0 unspecified atom stereocenters. The van der Waals surface area contributed by atoms with Crippen LogP contribution in [0, 0.1) is 0 Å². The van der Waals surface area contributed by atoms with Gasteiger partial charge in [0.2, 0.25) is 0 Å². The van der Waals surface area contributed by atoms with Crippen molar-refractivity contribution in [3.8, 4) is 0 Å². The van der Waals surface area contributed by atoms with Crippen molar-refractivity contribution < 1.29 is 58.6 Å². The zero-order valence-corrected chi connectivity index (χ0v) is 6.98. The summed E-state index contributed by atoms with van der Waals surface area (Å²) >= 11 is 0. The van der Waals surface area contributed by atoms with E-state index in [4.69, 9.17) is 0 Å². The Morgan fingerprint density at radius 2 is 0.600 bits per heavy atom. The second-order valence-corrected chi connectivity index (χ2v) is 0. The minimum Gasteiger partial charge on any atom is -2.00 e. The number of rotatable bonds is 0. The average Bonchev–Trinajstić information content (AvgIpc) is 0. The summed E-state index contributed by atoms with van der Waals surface area (Å²) in [5.41, 5.74) is 0. The van der Waals surface area contributed by atoms with E-state index < -0.39 is 0 Å². The molecule has 5 heteroatoms. The molecule has 0 amide bonds. The van der Waals surface area contributed by atoms with E-state index >= 15 is 0 Å². The van der Waals surface area contributed by atoms with Gasteiger partial charge in [-0.25, -0.2) is 0 Å². The summed E-state index contributed by atoms with van der Waals surface area (Å²) in [6.45, 7) is 0.